The normalized spacial score (nSPS) is 35.9. The summed E-state index contributed by atoms with van der Waals surface area (Å²) in [5.74, 6) is 3.42. The zero-order valence-corrected chi connectivity index (χ0v) is 12.2. The maximum Gasteiger partial charge on any atom is 0.0550 e. The lowest BCUT2D eigenvalue weighted by Gasteiger charge is -2.43. The largest absolute Gasteiger partial charge is 0.378 e. The van der Waals surface area contributed by atoms with Gasteiger partial charge in [-0.25, -0.2) is 0 Å². The lowest BCUT2D eigenvalue weighted by Crippen LogP contribution is -2.35. The molecular weight excluding hydrogens is 254 g/mol. The Kier molecular flexibility index (Phi) is 2.46. The molecule has 106 valence electrons. The first-order valence-electron chi connectivity index (χ1n) is 8.32. The molecule has 1 aliphatic heterocycles. The fourth-order valence-electron chi connectivity index (χ4n) is 5.43. The SMILES string of the molecule is c1ccc(C2Nc3ccccc3[C@H]3[C@@H]4CC[C@@H](C4)[C@@H]23)cc1. The maximum absolute atomic E-state index is 3.87. The molecule has 2 aliphatic carbocycles. The third-order valence-corrected chi connectivity index (χ3v) is 6.16. The number of anilines is 1. The Hall–Kier alpha value is -1.76. The van der Waals surface area contributed by atoms with Crippen LogP contribution in [0.2, 0.25) is 0 Å². The Bertz CT molecular complexity index is 663. The Morgan fingerprint density at radius 1 is 0.810 bits per heavy atom. The van der Waals surface area contributed by atoms with Crippen LogP contribution < -0.4 is 5.32 Å². The average molecular weight is 275 g/mol. The summed E-state index contributed by atoms with van der Waals surface area (Å²) in [6.07, 6.45) is 4.34. The average Bonchev–Trinajstić information content (AvgIpc) is 3.17. The van der Waals surface area contributed by atoms with Gasteiger partial charge in [0, 0.05) is 5.69 Å². The molecule has 1 unspecified atom stereocenters. The van der Waals surface area contributed by atoms with Crippen molar-refractivity contribution in [3.05, 3.63) is 65.7 Å². The quantitative estimate of drug-likeness (QED) is 0.773. The Morgan fingerprint density at radius 3 is 2.48 bits per heavy atom. The molecule has 21 heavy (non-hydrogen) atoms. The second-order valence-corrected chi connectivity index (χ2v) is 7.06. The van der Waals surface area contributed by atoms with Crippen LogP contribution in [0.15, 0.2) is 54.6 Å². The summed E-state index contributed by atoms with van der Waals surface area (Å²) >= 11 is 0. The topological polar surface area (TPSA) is 12.0 Å². The minimum absolute atomic E-state index is 0.501. The van der Waals surface area contributed by atoms with E-state index in [1.807, 2.05) is 0 Å². The van der Waals surface area contributed by atoms with Gasteiger partial charge in [-0.05, 0) is 60.1 Å². The van der Waals surface area contributed by atoms with Gasteiger partial charge in [0.25, 0.3) is 0 Å². The molecule has 1 N–H and O–H groups in total. The number of hydrogen-bond acceptors (Lipinski definition) is 1. The van der Waals surface area contributed by atoms with Gasteiger partial charge in [0.15, 0.2) is 0 Å². The summed E-state index contributed by atoms with van der Waals surface area (Å²) in [5.41, 5.74) is 4.43. The molecule has 0 radical (unpaired) electrons. The van der Waals surface area contributed by atoms with Crippen molar-refractivity contribution in [3.63, 3.8) is 0 Å². The van der Waals surface area contributed by atoms with Crippen LogP contribution in [0.3, 0.4) is 0 Å². The van der Waals surface area contributed by atoms with Crippen molar-refractivity contribution in [1.29, 1.82) is 0 Å². The molecule has 0 amide bonds. The highest BCUT2D eigenvalue weighted by molar-refractivity contribution is 5.58. The predicted molar refractivity (Wildman–Crippen MR) is 86.3 cm³/mol. The van der Waals surface area contributed by atoms with E-state index in [0.29, 0.717) is 6.04 Å². The van der Waals surface area contributed by atoms with E-state index < -0.39 is 0 Å². The van der Waals surface area contributed by atoms with Crippen LogP contribution in [0.1, 0.15) is 42.3 Å². The molecule has 0 aromatic heterocycles. The molecule has 1 heteroatoms. The van der Waals surface area contributed by atoms with E-state index in [0.717, 1.165) is 23.7 Å². The minimum atomic E-state index is 0.501. The van der Waals surface area contributed by atoms with Gasteiger partial charge < -0.3 is 5.32 Å². The third-order valence-electron chi connectivity index (χ3n) is 6.16. The van der Waals surface area contributed by atoms with Crippen molar-refractivity contribution in [3.8, 4) is 0 Å². The van der Waals surface area contributed by atoms with E-state index in [1.54, 1.807) is 5.56 Å². The summed E-state index contributed by atoms with van der Waals surface area (Å²) in [4.78, 5) is 0. The van der Waals surface area contributed by atoms with Crippen molar-refractivity contribution < 1.29 is 0 Å². The second-order valence-electron chi connectivity index (χ2n) is 7.06. The van der Waals surface area contributed by atoms with Crippen LogP contribution in [0, 0.1) is 17.8 Å². The van der Waals surface area contributed by atoms with Crippen LogP contribution in [-0.4, -0.2) is 0 Å². The molecule has 0 spiro atoms. The summed E-state index contributed by atoms with van der Waals surface area (Å²) in [6, 6.07) is 20.6. The van der Waals surface area contributed by atoms with Gasteiger partial charge in [0.2, 0.25) is 0 Å². The van der Waals surface area contributed by atoms with E-state index in [9.17, 15) is 0 Å². The van der Waals surface area contributed by atoms with Crippen molar-refractivity contribution in [2.24, 2.45) is 17.8 Å². The number of benzene rings is 2. The summed E-state index contributed by atoms with van der Waals surface area (Å²) in [7, 11) is 0. The van der Waals surface area contributed by atoms with Gasteiger partial charge in [0.05, 0.1) is 6.04 Å². The van der Waals surface area contributed by atoms with Gasteiger partial charge >= 0.3 is 0 Å². The lowest BCUT2D eigenvalue weighted by atomic mass is 9.68. The van der Waals surface area contributed by atoms with E-state index in [1.165, 1.54) is 30.5 Å². The van der Waals surface area contributed by atoms with Gasteiger partial charge in [-0.3, -0.25) is 0 Å². The molecule has 1 heterocycles. The Balaban J connectivity index is 1.65. The van der Waals surface area contributed by atoms with E-state index in [4.69, 9.17) is 0 Å². The van der Waals surface area contributed by atoms with E-state index in [2.05, 4.69) is 59.9 Å². The molecule has 2 aromatic carbocycles. The molecular formula is C20H21N. The summed E-state index contributed by atoms with van der Waals surface area (Å²) < 4.78 is 0. The number of hydrogen-bond donors (Lipinski definition) is 1. The molecule has 5 rings (SSSR count). The highest BCUT2D eigenvalue weighted by Crippen LogP contribution is 2.63. The lowest BCUT2D eigenvalue weighted by molar-refractivity contribution is 0.247. The molecule has 2 fully saturated rings. The highest BCUT2D eigenvalue weighted by atomic mass is 15.0. The van der Waals surface area contributed by atoms with E-state index >= 15 is 0 Å². The zero-order valence-electron chi connectivity index (χ0n) is 12.2. The van der Waals surface area contributed by atoms with Crippen LogP contribution in [0.5, 0.6) is 0 Å². The van der Waals surface area contributed by atoms with Crippen LogP contribution >= 0.6 is 0 Å². The first-order valence-corrected chi connectivity index (χ1v) is 8.32. The first-order chi connectivity index (χ1) is 10.4. The first kappa shape index (κ1) is 11.9. The monoisotopic (exact) mass is 275 g/mol. The molecule has 2 bridgehead atoms. The number of para-hydroxylation sites is 1. The van der Waals surface area contributed by atoms with Gasteiger partial charge in [-0.1, -0.05) is 48.5 Å². The number of nitrogens with one attached hydrogen (secondary N) is 1. The van der Waals surface area contributed by atoms with E-state index in [-0.39, 0.29) is 0 Å². The molecule has 0 saturated heterocycles. The maximum atomic E-state index is 3.87. The fraction of sp³-hybridized carbons (Fsp3) is 0.400. The second kappa shape index (κ2) is 4.37. The molecule has 2 saturated carbocycles. The molecule has 1 nitrogen and oxygen atoms in total. The summed E-state index contributed by atoms with van der Waals surface area (Å²) in [5, 5.41) is 3.87. The molecule has 2 aromatic rings. The third kappa shape index (κ3) is 1.64. The van der Waals surface area contributed by atoms with Crippen LogP contribution in [-0.2, 0) is 0 Å². The van der Waals surface area contributed by atoms with Gasteiger partial charge in [0.1, 0.15) is 0 Å². The number of fused-ring (bicyclic) bond motifs is 7. The predicted octanol–water partition coefficient (Wildman–Crippen LogP) is 4.98. The highest BCUT2D eigenvalue weighted by Gasteiger charge is 2.53. The van der Waals surface area contributed by atoms with Crippen LogP contribution in [0.25, 0.3) is 0 Å². The fourth-order valence-corrected chi connectivity index (χ4v) is 5.43. The van der Waals surface area contributed by atoms with Gasteiger partial charge in [-0.15, -0.1) is 0 Å². The Labute approximate surface area is 126 Å². The zero-order chi connectivity index (χ0) is 13.8. The van der Waals surface area contributed by atoms with Crippen molar-refractivity contribution in [1.82, 2.24) is 0 Å². The molecule has 5 atom stereocenters. The number of rotatable bonds is 1. The van der Waals surface area contributed by atoms with Gasteiger partial charge in [-0.2, -0.15) is 0 Å². The smallest absolute Gasteiger partial charge is 0.0550 e. The van der Waals surface area contributed by atoms with Crippen molar-refractivity contribution in [2.45, 2.75) is 31.2 Å². The van der Waals surface area contributed by atoms with Crippen molar-refractivity contribution >= 4 is 5.69 Å². The summed E-state index contributed by atoms with van der Waals surface area (Å²) in [6.45, 7) is 0. The molecule has 3 aliphatic rings. The van der Waals surface area contributed by atoms with Crippen molar-refractivity contribution in [2.75, 3.05) is 5.32 Å². The Morgan fingerprint density at radius 2 is 1.57 bits per heavy atom. The van der Waals surface area contributed by atoms with Crippen LogP contribution in [0.4, 0.5) is 5.69 Å². The minimum Gasteiger partial charge on any atom is -0.378 e. The standard InChI is InChI=1S/C20H21N/c1-2-6-13(7-3-1)20-19-15-11-10-14(12-15)18(19)16-8-4-5-9-17(16)21-20/h1-9,14-15,18-21H,10-12H2/t14-,15+,18-,19-,20?/m1/s1.